The second-order valence-corrected chi connectivity index (χ2v) is 3.63. The Morgan fingerprint density at radius 2 is 2.24 bits per heavy atom. The fourth-order valence-corrected chi connectivity index (χ4v) is 1.06. The molecule has 0 aliphatic heterocycles. The summed E-state index contributed by atoms with van der Waals surface area (Å²) < 4.78 is 5.54. The molecular weight excluding hydrogens is 214 g/mol. The number of allylic oxidation sites excluding steroid dienone is 4. The molecule has 0 rings (SSSR count). The van der Waals surface area contributed by atoms with Crippen molar-refractivity contribution < 1.29 is 4.74 Å². The van der Waals surface area contributed by atoms with Gasteiger partial charge in [-0.3, -0.25) is 4.90 Å². The number of nitriles is 1. The van der Waals surface area contributed by atoms with Crippen LogP contribution in [0.1, 0.15) is 13.3 Å². The molecule has 0 fully saturated rings. The molecule has 0 aromatic carbocycles. The zero-order valence-corrected chi connectivity index (χ0v) is 10.6. The number of hydrogen-bond acceptors (Lipinski definition) is 4. The van der Waals surface area contributed by atoms with E-state index in [9.17, 15) is 0 Å². The molecule has 0 saturated heterocycles. The van der Waals surface area contributed by atoms with Crippen molar-refractivity contribution in [3.8, 4) is 6.07 Å². The molecule has 0 spiro atoms. The highest BCUT2D eigenvalue weighted by Crippen LogP contribution is 2.03. The van der Waals surface area contributed by atoms with E-state index < -0.39 is 0 Å². The molecule has 94 valence electrons. The summed E-state index contributed by atoms with van der Waals surface area (Å²) >= 11 is 0. The van der Waals surface area contributed by atoms with Gasteiger partial charge in [-0.2, -0.15) is 5.26 Å². The third-order valence-corrected chi connectivity index (χ3v) is 2.14. The summed E-state index contributed by atoms with van der Waals surface area (Å²) in [6, 6.07) is 1.95. The van der Waals surface area contributed by atoms with Crippen LogP contribution in [-0.2, 0) is 4.74 Å². The number of ether oxygens (including phenoxy) is 1. The molecular formula is C13H21N3O. The first-order chi connectivity index (χ1) is 8.13. The first-order valence-electron chi connectivity index (χ1n) is 5.58. The molecule has 0 aliphatic carbocycles. The lowest BCUT2D eigenvalue weighted by Gasteiger charge is -2.13. The van der Waals surface area contributed by atoms with Gasteiger partial charge in [0, 0.05) is 18.8 Å². The van der Waals surface area contributed by atoms with Crippen molar-refractivity contribution in [3.05, 3.63) is 36.1 Å². The third kappa shape index (κ3) is 8.26. The normalized spacial score (nSPS) is 11.8. The van der Waals surface area contributed by atoms with Crippen LogP contribution >= 0.6 is 0 Å². The van der Waals surface area contributed by atoms with Crippen LogP contribution in [0.15, 0.2) is 36.1 Å². The highest BCUT2D eigenvalue weighted by Gasteiger charge is 1.96. The van der Waals surface area contributed by atoms with Crippen LogP contribution < -0.4 is 5.73 Å². The standard InChI is InChI=1S/C13H21N3O/c1-4-13(7-6-12(2)10-14)17-9-5-8-16(3)11-15/h4,6-7H,2,5,8-9,11,15H2,1,3H3/b7-6-,13-4+. The van der Waals surface area contributed by atoms with Gasteiger partial charge < -0.3 is 10.5 Å². The fourth-order valence-electron chi connectivity index (χ4n) is 1.06. The third-order valence-electron chi connectivity index (χ3n) is 2.14. The number of rotatable bonds is 8. The Morgan fingerprint density at radius 3 is 2.76 bits per heavy atom. The van der Waals surface area contributed by atoms with E-state index in [1.807, 2.05) is 31.0 Å². The molecule has 4 nitrogen and oxygen atoms in total. The Kier molecular flexibility index (Phi) is 8.75. The molecule has 0 aliphatic rings. The first kappa shape index (κ1) is 15.4. The topological polar surface area (TPSA) is 62.3 Å². The summed E-state index contributed by atoms with van der Waals surface area (Å²) in [6.45, 7) is 7.54. The maximum absolute atomic E-state index is 8.54. The molecule has 4 heteroatoms. The predicted octanol–water partition coefficient (Wildman–Crippen LogP) is 1.78. The van der Waals surface area contributed by atoms with E-state index in [4.69, 9.17) is 15.7 Å². The zero-order chi connectivity index (χ0) is 13.1. The maximum atomic E-state index is 8.54. The first-order valence-corrected chi connectivity index (χ1v) is 5.58. The van der Waals surface area contributed by atoms with Gasteiger partial charge in [0.25, 0.3) is 0 Å². The minimum absolute atomic E-state index is 0.413. The van der Waals surface area contributed by atoms with E-state index in [1.54, 1.807) is 12.2 Å². The largest absolute Gasteiger partial charge is 0.494 e. The minimum atomic E-state index is 0.413. The van der Waals surface area contributed by atoms with Gasteiger partial charge in [-0.1, -0.05) is 6.58 Å². The molecule has 0 heterocycles. The summed E-state index contributed by atoms with van der Waals surface area (Å²) in [6.07, 6.45) is 6.16. The fraction of sp³-hybridized carbons (Fsp3) is 0.462. The van der Waals surface area contributed by atoms with Crippen molar-refractivity contribution in [1.82, 2.24) is 4.90 Å². The van der Waals surface area contributed by atoms with Crippen LogP contribution in [0, 0.1) is 11.3 Å². The quantitative estimate of drug-likeness (QED) is 0.229. The van der Waals surface area contributed by atoms with E-state index in [2.05, 4.69) is 6.58 Å². The Morgan fingerprint density at radius 1 is 1.53 bits per heavy atom. The second kappa shape index (κ2) is 9.64. The molecule has 0 aromatic heterocycles. The Labute approximate surface area is 104 Å². The van der Waals surface area contributed by atoms with E-state index in [-0.39, 0.29) is 0 Å². The van der Waals surface area contributed by atoms with Gasteiger partial charge in [-0.05, 0) is 38.6 Å². The number of hydrogen-bond donors (Lipinski definition) is 1. The monoisotopic (exact) mass is 235 g/mol. The lowest BCUT2D eigenvalue weighted by molar-refractivity contribution is 0.201. The van der Waals surface area contributed by atoms with Crippen molar-refractivity contribution >= 4 is 0 Å². The molecule has 0 amide bonds. The SMILES string of the molecule is C=C(C#N)/C=C\C(=C/C)OCCCN(C)CN. The average molecular weight is 235 g/mol. The molecule has 0 saturated carbocycles. The molecule has 0 unspecified atom stereocenters. The molecule has 0 aromatic rings. The maximum Gasteiger partial charge on any atom is 0.115 e. The summed E-state index contributed by atoms with van der Waals surface area (Å²) in [5.74, 6) is 0.747. The summed E-state index contributed by atoms with van der Waals surface area (Å²) in [5, 5.41) is 8.54. The number of nitrogens with two attached hydrogens (primary N) is 1. The van der Waals surface area contributed by atoms with E-state index in [0.29, 0.717) is 18.8 Å². The van der Waals surface area contributed by atoms with E-state index in [1.165, 1.54) is 0 Å². The van der Waals surface area contributed by atoms with Gasteiger partial charge in [-0.15, -0.1) is 0 Å². The van der Waals surface area contributed by atoms with Gasteiger partial charge in [0.2, 0.25) is 0 Å². The summed E-state index contributed by atoms with van der Waals surface area (Å²) in [4.78, 5) is 2.02. The highest BCUT2D eigenvalue weighted by molar-refractivity contribution is 5.32. The van der Waals surface area contributed by atoms with Crippen molar-refractivity contribution in [2.45, 2.75) is 13.3 Å². The van der Waals surface area contributed by atoms with E-state index in [0.717, 1.165) is 18.7 Å². The molecule has 0 atom stereocenters. The van der Waals surface area contributed by atoms with Gasteiger partial charge in [0.05, 0.1) is 12.7 Å². The highest BCUT2D eigenvalue weighted by atomic mass is 16.5. The van der Waals surface area contributed by atoms with Crippen LogP contribution in [0.4, 0.5) is 0 Å². The lowest BCUT2D eigenvalue weighted by Crippen LogP contribution is -2.27. The van der Waals surface area contributed by atoms with Crippen LogP contribution in [-0.4, -0.2) is 31.8 Å². The van der Waals surface area contributed by atoms with Crippen LogP contribution in [0.3, 0.4) is 0 Å². The minimum Gasteiger partial charge on any atom is -0.494 e. The zero-order valence-electron chi connectivity index (χ0n) is 10.6. The molecule has 0 bridgehead atoms. The van der Waals surface area contributed by atoms with Crippen molar-refractivity contribution in [2.75, 3.05) is 26.9 Å². The van der Waals surface area contributed by atoms with Crippen LogP contribution in [0.2, 0.25) is 0 Å². The van der Waals surface area contributed by atoms with Gasteiger partial charge in [0.15, 0.2) is 0 Å². The predicted molar refractivity (Wildman–Crippen MR) is 69.9 cm³/mol. The van der Waals surface area contributed by atoms with E-state index >= 15 is 0 Å². The molecule has 2 N–H and O–H groups in total. The summed E-state index contributed by atoms with van der Waals surface area (Å²) in [5.41, 5.74) is 5.87. The van der Waals surface area contributed by atoms with Crippen LogP contribution in [0.25, 0.3) is 0 Å². The smallest absolute Gasteiger partial charge is 0.115 e. The van der Waals surface area contributed by atoms with Crippen LogP contribution in [0.5, 0.6) is 0 Å². The Bertz CT molecular complexity index is 326. The molecule has 0 radical (unpaired) electrons. The van der Waals surface area contributed by atoms with Gasteiger partial charge in [-0.25, -0.2) is 0 Å². The number of nitrogens with zero attached hydrogens (tertiary/aromatic N) is 2. The summed E-state index contributed by atoms with van der Waals surface area (Å²) in [7, 11) is 1.97. The van der Waals surface area contributed by atoms with Crippen molar-refractivity contribution in [1.29, 1.82) is 5.26 Å². The Hall–Kier alpha value is -1.57. The lowest BCUT2D eigenvalue weighted by atomic mass is 10.3. The van der Waals surface area contributed by atoms with Gasteiger partial charge >= 0.3 is 0 Å². The van der Waals surface area contributed by atoms with Crippen molar-refractivity contribution in [2.24, 2.45) is 5.73 Å². The average Bonchev–Trinajstić information content (AvgIpc) is 2.36. The molecule has 17 heavy (non-hydrogen) atoms. The Balaban J connectivity index is 3.89. The van der Waals surface area contributed by atoms with Crippen molar-refractivity contribution in [3.63, 3.8) is 0 Å². The second-order valence-electron chi connectivity index (χ2n) is 3.63. The van der Waals surface area contributed by atoms with Gasteiger partial charge in [0.1, 0.15) is 5.76 Å².